The van der Waals surface area contributed by atoms with E-state index in [0.717, 1.165) is 16.5 Å². The van der Waals surface area contributed by atoms with Gasteiger partial charge in [-0.3, -0.25) is 0 Å². The van der Waals surface area contributed by atoms with Gasteiger partial charge in [0.05, 0.1) is 11.3 Å². The minimum Gasteiger partial charge on any atom is -0.440 e. The molecule has 3 aromatic rings. The molecule has 24 heavy (non-hydrogen) atoms. The standard InChI is InChI=1S/C19H12FN3O/c20-14-6-2-1-4-11(14)17-13(10-21)19(22)24-16-8-7-15-12(18(16)17)5-3-9-23-15/h1-9,17H,22H2/p+1. The van der Waals surface area contributed by atoms with Gasteiger partial charge in [0.2, 0.25) is 11.4 Å². The van der Waals surface area contributed by atoms with E-state index >= 15 is 0 Å². The molecule has 0 radical (unpaired) electrons. The summed E-state index contributed by atoms with van der Waals surface area (Å²) in [6, 6.07) is 15.9. The lowest BCUT2D eigenvalue weighted by Crippen LogP contribution is -2.22. The summed E-state index contributed by atoms with van der Waals surface area (Å²) in [5.41, 5.74) is 8.15. The number of H-pyrrole nitrogens is 1. The van der Waals surface area contributed by atoms with Crippen LogP contribution in [0.3, 0.4) is 0 Å². The average molecular weight is 318 g/mol. The van der Waals surface area contributed by atoms with Crippen molar-refractivity contribution in [1.29, 1.82) is 5.26 Å². The Balaban J connectivity index is 2.10. The van der Waals surface area contributed by atoms with E-state index in [2.05, 4.69) is 11.1 Å². The van der Waals surface area contributed by atoms with Crippen molar-refractivity contribution in [2.45, 2.75) is 5.92 Å². The highest BCUT2D eigenvalue weighted by atomic mass is 19.1. The van der Waals surface area contributed by atoms with Gasteiger partial charge in [-0.1, -0.05) is 18.2 Å². The number of fused-ring (bicyclic) bond motifs is 3. The minimum atomic E-state index is -0.612. The van der Waals surface area contributed by atoms with Gasteiger partial charge in [0.25, 0.3) is 0 Å². The number of hydrogen-bond donors (Lipinski definition) is 1. The number of aromatic amines is 1. The molecule has 4 rings (SSSR count). The molecule has 0 saturated heterocycles. The molecule has 4 nitrogen and oxygen atoms in total. The fourth-order valence-corrected chi connectivity index (χ4v) is 3.19. The van der Waals surface area contributed by atoms with Crippen LogP contribution in [0.15, 0.2) is 66.2 Å². The molecule has 2 heterocycles. The number of ether oxygens (including phenoxy) is 1. The maximum atomic E-state index is 14.5. The van der Waals surface area contributed by atoms with Crippen molar-refractivity contribution in [2.24, 2.45) is 5.73 Å². The van der Waals surface area contributed by atoms with E-state index in [1.807, 2.05) is 24.4 Å². The van der Waals surface area contributed by atoms with Crippen molar-refractivity contribution in [3.63, 3.8) is 0 Å². The van der Waals surface area contributed by atoms with E-state index in [-0.39, 0.29) is 17.3 Å². The van der Waals surface area contributed by atoms with Crippen molar-refractivity contribution in [2.75, 3.05) is 0 Å². The molecule has 0 aliphatic carbocycles. The molecule has 1 aliphatic heterocycles. The van der Waals surface area contributed by atoms with Gasteiger partial charge in [-0.15, -0.1) is 0 Å². The highest BCUT2D eigenvalue weighted by molar-refractivity contribution is 5.85. The Hall–Kier alpha value is -3.39. The van der Waals surface area contributed by atoms with Gasteiger partial charge < -0.3 is 10.5 Å². The number of benzene rings is 2. The molecular formula is C19H13FN3O+. The van der Waals surface area contributed by atoms with E-state index in [4.69, 9.17) is 10.5 Å². The average Bonchev–Trinajstić information content (AvgIpc) is 2.61. The molecule has 1 atom stereocenters. The number of pyridine rings is 1. The van der Waals surface area contributed by atoms with Crippen molar-refractivity contribution >= 4 is 10.9 Å². The summed E-state index contributed by atoms with van der Waals surface area (Å²) in [4.78, 5) is 3.15. The van der Waals surface area contributed by atoms with E-state index in [0.29, 0.717) is 11.3 Å². The quantitative estimate of drug-likeness (QED) is 0.749. The molecular weight excluding hydrogens is 305 g/mol. The lowest BCUT2D eigenvalue weighted by molar-refractivity contribution is -0.344. The molecule has 0 fully saturated rings. The van der Waals surface area contributed by atoms with Crippen molar-refractivity contribution in [1.82, 2.24) is 0 Å². The molecule has 3 N–H and O–H groups in total. The smallest absolute Gasteiger partial charge is 0.211 e. The van der Waals surface area contributed by atoms with Crippen LogP contribution in [-0.4, -0.2) is 0 Å². The first-order valence-corrected chi connectivity index (χ1v) is 7.46. The number of hydrogen-bond acceptors (Lipinski definition) is 3. The summed E-state index contributed by atoms with van der Waals surface area (Å²) in [6.45, 7) is 0. The summed E-state index contributed by atoms with van der Waals surface area (Å²) >= 11 is 0. The number of aromatic nitrogens is 1. The maximum absolute atomic E-state index is 14.5. The van der Waals surface area contributed by atoms with Crippen LogP contribution in [0.25, 0.3) is 10.9 Å². The zero-order valence-corrected chi connectivity index (χ0v) is 12.6. The highest BCUT2D eigenvalue weighted by Gasteiger charge is 2.34. The van der Waals surface area contributed by atoms with E-state index < -0.39 is 5.92 Å². The second-order valence-electron chi connectivity index (χ2n) is 5.56. The zero-order chi connectivity index (χ0) is 16.7. The Kier molecular flexibility index (Phi) is 3.17. The van der Waals surface area contributed by atoms with Crippen LogP contribution in [-0.2, 0) is 0 Å². The zero-order valence-electron chi connectivity index (χ0n) is 12.6. The van der Waals surface area contributed by atoms with Crippen molar-refractivity contribution < 1.29 is 14.1 Å². The lowest BCUT2D eigenvalue weighted by Gasteiger charge is -2.27. The van der Waals surface area contributed by atoms with Crippen LogP contribution in [0.1, 0.15) is 17.0 Å². The number of allylic oxidation sites excluding steroid dienone is 1. The summed E-state index contributed by atoms with van der Waals surface area (Å²) in [5.74, 6) is -0.448. The maximum Gasteiger partial charge on any atom is 0.211 e. The molecule has 0 bridgehead atoms. The number of nitriles is 1. The molecule has 0 saturated carbocycles. The third-order valence-electron chi connectivity index (χ3n) is 4.24. The van der Waals surface area contributed by atoms with Gasteiger partial charge in [0.1, 0.15) is 23.2 Å². The van der Waals surface area contributed by atoms with Crippen LogP contribution in [0, 0.1) is 17.1 Å². The van der Waals surface area contributed by atoms with Crippen LogP contribution < -0.4 is 15.5 Å². The SMILES string of the molecule is N#CC1=C(N)Oc2ccc3[nH+]cccc3c2C1c1ccccc1F. The first kappa shape index (κ1) is 14.2. The van der Waals surface area contributed by atoms with Gasteiger partial charge in [0, 0.05) is 23.3 Å². The second-order valence-corrected chi connectivity index (χ2v) is 5.56. The first-order chi connectivity index (χ1) is 11.7. The Morgan fingerprint density at radius 1 is 1.12 bits per heavy atom. The normalized spacial score (nSPS) is 16.4. The topological polar surface area (TPSA) is 73.2 Å². The predicted octanol–water partition coefficient (Wildman–Crippen LogP) is 3.01. The Labute approximate surface area is 137 Å². The second kappa shape index (κ2) is 5.36. The number of nitrogens with one attached hydrogen (secondary N) is 1. The third-order valence-corrected chi connectivity index (χ3v) is 4.24. The molecule has 1 aromatic heterocycles. The molecule has 0 amide bonds. The summed E-state index contributed by atoms with van der Waals surface area (Å²) in [7, 11) is 0. The molecule has 1 unspecified atom stereocenters. The van der Waals surface area contributed by atoms with Crippen LogP contribution in [0.5, 0.6) is 5.75 Å². The Bertz CT molecular complexity index is 1040. The third kappa shape index (κ3) is 2.01. The highest BCUT2D eigenvalue weighted by Crippen LogP contribution is 2.45. The Morgan fingerprint density at radius 2 is 1.96 bits per heavy atom. The summed E-state index contributed by atoms with van der Waals surface area (Å²) < 4.78 is 20.1. The first-order valence-electron chi connectivity index (χ1n) is 7.46. The predicted molar refractivity (Wildman–Crippen MR) is 86.2 cm³/mol. The fourth-order valence-electron chi connectivity index (χ4n) is 3.19. The number of halogens is 1. The van der Waals surface area contributed by atoms with Crippen LogP contribution in [0.4, 0.5) is 4.39 Å². The number of rotatable bonds is 1. The lowest BCUT2D eigenvalue weighted by atomic mass is 9.81. The molecule has 116 valence electrons. The van der Waals surface area contributed by atoms with Crippen LogP contribution in [0.2, 0.25) is 0 Å². The minimum absolute atomic E-state index is 0.0116. The Morgan fingerprint density at radius 3 is 2.75 bits per heavy atom. The van der Waals surface area contributed by atoms with Crippen molar-refractivity contribution in [3.05, 3.63) is 83.1 Å². The monoisotopic (exact) mass is 318 g/mol. The largest absolute Gasteiger partial charge is 0.440 e. The molecule has 1 aliphatic rings. The van der Waals surface area contributed by atoms with Crippen LogP contribution >= 0.6 is 0 Å². The van der Waals surface area contributed by atoms with Gasteiger partial charge in [0.15, 0.2) is 6.20 Å². The van der Waals surface area contributed by atoms with E-state index in [1.54, 1.807) is 24.3 Å². The van der Waals surface area contributed by atoms with Gasteiger partial charge in [-0.25, -0.2) is 9.37 Å². The molecule has 5 heteroatoms. The fraction of sp³-hybridized carbons (Fsp3) is 0.0526. The van der Waals surface area contributed by atoms with Gasteiger partial charge in [-0.2, -0.15) is 5.26 Å². The summed E-state index contributed by atoms with van der Waals surface area (Å²) in [5, 5.41) is 10.4. The number of nitrogens with zero attached hydrogens (tertiary/aromatic N) is 1. The summed E-state index contributed by atoms with van der Waals surface area (Å²) in [6.07, 6.45) is 1.81. The van der Waals surface area contributed by atoms with E-state index in [9.17, 15) is 9.65 Å². The van der Waals surface area contributed by atoms with Gasteiger partial charge >= 0.3 is 0 Å². The van der Waals surface area contributed by atoms with Crippen molar-refractivity contribution in [3.8, 4) is 11.8 Å². The van der Waals surface area contributed by atoms with E-state index in [1.165, 1.54) is 6.07 Å². The van der Waals surface area contributed by atoms with Gasteiger partial charge in [-0.05, 0) is 18.2 Å². The molecule has 0 spiro atoms. The molecule has 2 aromatic carbocycles. The number of nitrogens with two attached hydrogens (primary N) is 1.